The molecule has 0 atom stereocenters. The van der Waals surface area contributed by atoms with Crippen LogP contribution in [0.5, 0.6) is 5.75 Å². The molecular weight excluding hydrogens is 316 g/mol. The first-order valence-electron chi connectivity index (χ1n) is 7.55. The van der Waals surface area contributed by atoms with Crippen LogP contribution in [-0.4, -0.2) is 25.0 Å². The number of fused-ring (bicyclic) bond motifs is 1. The molecule has 5 N–H and O–H groups in total. The van der Waals surface area contributed by atoms with Gasteiger partial charge in [-0.1, -0.05) is 24.3 Å². The zero-order valence-corrected chi connectivity index (χ0v) is 13.1. The molecule has 0 saturated heterocycles. The molecule has 4 aromatic rings. The van der Waals surface area contributed by atoms with E-state index < -0.39 is 0 Å². The third-order valence-electron chi connectivity index (χ3n) is 3.85. The van der Waals surface area contributed by atoms with Crippen molar-refractivity contribution in [3.05, 3.63) is 54.9 Å². The average Bonchev–Trinajstić information content (AvgIpc) is 2.61. The van der Waals surface area contributed by atoms with Gasteiger partial charge in [-0.25, -0.2) is 19.9 Å². The van der Waals surface area contributed by atoms with Gasteiger partial charge < -0.3 is 16.6 Å². The van der Waals surface area contributed by atoms with Crippen molar-refractivity contribution in [3.63, 3.8) is 0 Å². The number of phenolic OH excluding ortho intramolecular Hbond substituents is 1. The summed E-state index contributed by atoms with van der Waals surface area (Å²) in [5, 5.41) is 12.3. The number of nitrogens with two attached hydrogens (primary N) is 2. The number of benzene rings is 2. The predicted molar refractivity (Wildman–Crippen MR) is 96.5 cm³/mol. The van der Waals surface area contributed by atoms with Gasteiger partial charge >= 0.3 is 0 Å². The molecule has 7 nitrogen and oxygen atoms in total. The van der Waals surface area contributed by atoms with Gasteiger partial charge in [-0.15, -0.1) is 0 Å². The molecule has 0 unspecified atom stereocenters. The first kappa shape index (κ1) is 14.8. The van der Waals surface area contributed by atoms with Gasteiger partial charge in [0.05, 0.1) is 11.4 Å². The molecule has 0 radical (unpaired) electrons. The maximum atomic E-state index is 10.4. The normalized spacial score (nSPS) is 10.9. The number of rotatable bonds is 2. The van der Waals surface area contributed by atoms with E-state index in [1.165, 1.54) is 0 Å². The van der Waals surface area contributed by atoms with Gasteiger partial charge in [0.25, 0.3) is 0 Å². The third-order valence-corrected chi connectivity index (χ3v) is 3.85. The highest BCUT2D eigenvalue weighted by atomic mass is 16.3. The molecule has 0 fully saturated rings. The van der Waals surface area contributed by atoms with Gasteiger partial charge in [-0.2, -0.15) is 0 Å². The van der Waals surface area contributed by atoms with Crippen LogP contribution in [0.15, 0.2) is 54.9 Å². The van der Waals surface area contributed by atoms with Crippen LogP contribution >= 0.6 is 0 Å². The maximum absolute atomic E-state index is 10.4. The minimum absolute atomic E-state index is 0.0943. The second-order valence-electron chi connectivity index (χ2n) is 5.54. The monoisotopic (exact) mass is 330 g/mol. The fraction of sp³-hybridized carbons (Fsp3) is 0. The Labute approximate surface area is 143 Å². The highest BCUT2D eigenvalue weighted by Crippen LogP contribution is 2.34. The molecule has 0 aliphatic heterocycles. The Balaban J connectivity index is 1.88. The summed E-state index contributed by atoms with van der Waals surface area (Å²) in [6.45, 7) is 0. The zero-order valence-electron chi connectivity index (χ0n) is 13.1. The first-order valence-corrected chi connectivity index (χ1v) is 7.55. The topological polar surface area (TPSA) is 124 Å². The lowest BCUT2D eigenvalue weighted by Crippen LogP contribution is -2.00. The molecule has 25 heavy (non-hydrogen) atoms. The molecule has 0 bridgehead atoms. The number of hydrogen-bond donors (Lipinski definition) is 3. The molecular formula is C18H14N6O. The maximum Gasteiger partial charge on any atom is 0.221 e. The molecule has 7 heteroatoms. The van der Waals surface area contributed by atoms with Gasteiger partial charge in [-0.05, 0) is 29.0 Å². The summed E-state index contributed by atoms with van der Waals surface area (Å²) in [6.07, 6.45) is 3.13. The second kappa shape index (κ2) is 5.72. The lowest BCUT2D eigenvalue weighted by Gasteiger charge is -2.09. The van der Waals surface area contributed by atoms with E-state index in [4.69, 9.17) is 11.5 Å². The summed E-state index contributed by atoms with van der Waals surface area (Å²) in [6, 6.07) is 13.1. The Kier molecular flexibility index (Phi) is 3.39. The Hall–Kier alpha value is -3.74. The summed E-state index contributed by atoms with van der Waals surface area (Å²) in [7, 11) is 0. The van der Waals surface area contributed by atoms with Gasteiger partial charge in [-0.3, -0.25) is 0 Å². The standard InChI is InChI=1S/C18H14N6O/c19-17-21-8-12(9-22-17)14-7-15(24-18(20)23-14)13-5-10-3-1-2-4-11(10)6-16(13)25/h1-9,25H,(H2,19,21,22)(H2,20,23,24). The molecule has 0 spiro atoms. The first-order chi connectivity index (χ1) is 12.1. The predicted octanol–water partition coefficient (Wildman–Crippen LogP) is 2.62. The Bertz CT molecular complexity index is 1080. The fourth-order valence-corrected chi connectivity index (χ4v) is 2.66. The molecule has 0 amide bonds. The number of nitrogens with zero attached hydrogens (tertiary/aromatic N) is 4. The van der Waals surface area contributed by atoms with Crippen LogP contribution in [0.1, 0.15) is 0 Å². The molecule has 4 rings (SSSR count). The average molecular weight is 330 g/mol. The van der Waals surface area contributed by atoms with Crippen LogP contribution in [0.3, 0.4) is 0 Å². The number of aromatic hydroxyl groups is 1. The minimum atomic E-state index is 0.0943. The zero-order chi connectivity index (χ0) is 17.4. The van der Waals surface area contributed by atoms with Crippen molar-refractivity contribution in [3.8, 4) is 28.3 Å². The third kappa shape index (κ3) is 2.78. The van der Waals surface area contributed by atoms with Crippen LogP contribution in [0.2, 0.25) is 0 Å². The Morgan fingerprint density at radius 2 is 1.40 bits per heavy atom. The number of anilines is 2. The van der Waals surface area contributed by atoms with Crippen molar-refractivity contribution in [2.45, 2.75) is 0 Å². The van der Waals surface area contributed by atoms with Crippen molar-refractivity contribution >= 4 is 22.7 Å². The van der Waals surface area contributed by atoms with E-state index in [1.54, 1.807) is 24.5 Å². The van der Waals surface area contributed by atoms with E-state index in [9.17, 15) is 5.11 Å². The Morgan fingerprint density at radius 1 is 0.760 bits per heavy atom. The van der Waals surface area contributed by atoms with Crippen molar-refractivity contribution in [2.24, 2.45) is 0 Å². The number of aromatic nitrogens is 4. The van der Waals surface area contributed by atoms with Crippen LogP contribution in [0.4, 0.5) is 11.9 Å². The molecule has 122 valence electrons. The van der Waals surface area contributed by atoms with E-state index >= 15 is 0 Å². The van der Waals surface area contributed by atoms with Gasteiger partial charge in [0.1, 0.15) is 5.75 Å². The molecule has 0 saturated carbocycles. The fourth-order valence-electron chi connectivity index (χ4n) is 2.66. The van der Waals surface area contributed by atoms with E-state index in [1.807, 2.05) is 30.3 Å². The number of nitrogen functional groups attached to an aromatic ring is 2. The lowest BCUT2D eigenvalue weighted by atomic mass is 10.0. The summed E-state index contributed by atoms with van der Waals surface area (Å²) in [4.78, 5) is 16.4. The minimum Gasteiger partial charge on any atom is -0.507 e. The van der Waals surface area contributed by atoms with Crippen molar-refractivity contribution in [2.75, 3.05) is 11.5 Å². The van der Waals surface area contributed by atoms with E-state index in [2.05, 4.69) is 19.9 Å². The van der Waals surface area contributed by atoms with Crippen molar-refractivity contribution < 1.29 is 5.11 Å². The van der Waals surface area contributed by atoms with Crippen LogP contribution in [-0.2, 0) is 0 Å². The van der Waals surface area contributed by atoms with Crippen molar-refractivity contribution in [1.29, 1.82) is 0 Å². The lowest BCUT2D eigenvalue weighted by molar-refractivity contribution is 0.478. The summed E-state index contributed by atoms with van der Waals surface area (Å²) < 4.78 is 0. The summed E-state index contributed by atoms with van der Waals surface area (Å²) >= 11 is 0. The largest absolute Gasteiger partial charge is 0.507 e. The van der Waals surface area contributed by atoms with Gasteiger partial charge in [0.15, 0.2) is 0 Å². The van der Waals surface area contributed by atoms with Gasteiger partial charge in [0.2, 0.25) is 11.9 Å². The van der Waals surface area contributed by atoms with Gasteiger partial charge in [0, 0.05) is 23.5 Å². The van der Waals surface area contributed by atoms with E-state index in [-0.39, 0.29) is 17.6 Å². The highest BCUT2D eigenvalue weighted by Gasteiger charge is 2.12. The molecule has 0 aliphatic rings. The van der Waals surface area contributed by atoms with Crippen LogP contribution < -0.4 is 11.5 Å². The number of hydrogen-bond acceptors (Lipinski definition) is 7. The second-order valence-corrected chi connectivity index (χ2v) is 5.54. The Morgan fingerprint density at radius 3 is 2.12 bits per heavy atom. The molecule has 2 aromatic heterocycles. The van der Waals surface area contributed by atoms with Crippen LogP contribution in [0.25, 0.3) is 33.3 Å². The highest BCUT2D eigenvalue weighted by molar-refractivity contribution is 5.90. The van der Waals surface area contributed by atoms with Crippen LogP contribution in [0, 0.1) is 0 Å². The van der Waals surface area contributed by atoms with E-state index in [0.29, 0.717) is 22.5 Å². The SMILES string of the molecule is Nc1ncc(-c2cc(-c3cc4ccccc4cc3O)nc(N)n2)cn1. The summed E-state index contributed by atoms with van der Waals surface area (Å²) in [5.74, 6) is 0.395. The summed E-state index contributed by atoms with van der Waals surface area (Å²) in [5.41, 5.74) is 13.7. The smallest absolute Gasteiger partial charge is 0.221 e. The molecule has 0 aliphatic carbocycles. The quantitative estimate of drug-likeness (QED) is 0.516. The van der Waals surface area contributed by atoms with Crippen molar-refractivity contribution in [1.82, 2.24) is 19.9 Å². The molecule has 2 heterocycles. The molecule has 2 aromatic carbocycles. The van der Waals surface area contributed by atoms with E-state index in [0.717, 1.165) is 10.8 Å². The number of phenols is 1.